The van der Waals surface area contributed by atoms with Gasteiger partial charge < -0.3 is 15.2 Å². The molecule has 0 radical (unpaired) electrons. The molecule has 1 aliphatic heterocycles. The fourth-order valence-corrected chi connectivity index (χ4v) is 2.24. The molecule has 21 heavy (non-hydrogen) atoms. The maximum atomic E-state index is 11.3. The molecule has 4 heteroatoms. The summed E-state index contributed by atoms with van der Waals surface area (Å²) in [6, 6.07) is 10.9. The number of rotatable bonds is 2. The van der Waals surface area contributed by atoms with E-state index in [1.807, 2.05) is 43.3 Å². The third kappa shape index (κ3) is 2.89. The Morgan fingerprint density at radius 1 is 1.19 bits per heavy atom. The number of phenolic OH excluding ortho intramolecular Hbond substituents is 1. The van der Waals surface area contributed by atoms with Crippen LogP contribution in [0.1, 0.15) is 16.7 Å². The topological polar surface area (TPSA) is 58.6 Å². The van der Waals surface area contributed by atoms with Gasteiger partial charge in [-0.25, -0.2) is 0 Å². The summed E-state index contributed by atoms with van der Waals surface area (Å²) in [4.78, 5) is 11.3. The van der Waals surface area contributed by atoms with E-state index in [1.54, 1.807) is 12.1 Å². The van der Waals surface area contributed by atoms with Crippen molar-refractivity contribution in [3.8, 4) is 11.5 Å². The minimum Gasteiger partial charge on any atom is -0.508 e. The first-order valence-electron chi connectivity index (χ1n) is 6.66. The zero-order chi connectivity index (χ0) is 14.8. The Morgan fingerprint density at radius 3 is 2.86 bits per heavy atom. The monoisotopic (exact) mass is 281 g/mol. The summed E-state index contributed by atoms with van der Waals surface area (Å²) >= 11 is 0. The third-order valence-corrected chi connectivity index (χ3v) is 3.35. The van der Waals surface area contributed by atoms with Gasteiger partial charge in [0.05, 0.1) is 5.69 Å². The van der Waals surface area contributed by atoms with E-state index in [-0.39, 0.29) is 18.3 Å². The molecule has 0 bridgehead atoms. The van der Waals surface area contributed by atoms with Crippen LogP contribution in [0.5, 0.6) is 11.5 Å². The second-order valence-corrected chi connectivity index (χ2v) is 4.97. The summed E-state index contributed by atoms with van der Waals surface area (Å²) in [7, 11) is 0. The van der Waals surface area contributed by atoms with Crippen LogP contribution in [0.25, 0.3) is 12.2 Å². The number of aryl methyl sites for hydroxylation is 1. The van der Waals surface area contributed by atoms with Crippen molar-refractivity contribution in [2.75, 3.05) is 11.9 Å². The van der Waals surface area contributed by atoms with Crippen molar-refractivity contribution in [2.45, 2.75) is 6.92 Å². The molecule has 0 spiro atoms. The van der Waals surface area contributed by atoms with Crippen molar-refractivity contribution in [1.29, 1.82) is 0 Å². The molecule has 1 aliphatic rings. The summed E-state index contributed by atoms with van der Waals surface area (Å²) in [5.41, 5.74) is 3.69. The molecule has 1 heterocycles. The smallest absolute Gasteiger partial charge is 0.262 e. The van der Waals surface area contributed by atoms with Gasteiger partial charge in [0, 0.05) is 0 Å². The molecule has 4 nitrogen and oxygen atoms in total. The van der Waals surface area contributed by atoms with Crippen LogP contribution in [0, 0.1) is 6.92 Å². The lowest BCUT2D eigenvalue weighted by atomic mass is 10.1. The molecular formula is C17H15NO3. The highest BCUT2D eigenvalue weighted by Gasteiger charge is 2.15. The average Bonchev–Trinajstić information content (AvgIpc) is 2.46. The Bertz CT molecular complexity index is 735. The number of carbonyl (C=O) groups is 1. The van der Waals surface area contributed by atoms with E-state index in [9.17, 15) is 9.90 Å². The Labute approximate surface area is 122 Å². The quantitative estimate of drug-likeness (QED) is 0.831. The number of aromatic hydroxyl groups is 1. The molecule has 1 amide bonds. The zero-order valence-corrected chi connectivity index (χ0v) is 11.6. The van der Waals surface area contributed by atoms with Gasteiger partial charge in [0.15, 0.2) is 6.61 Å². The fraction of sp³-hybridized carbons (Fsp3) is 0.118. The van der Waals surface area contributed by atoms with Crippen molar-refractivity contribution in [3.63, 3.8) is 0 Å². The number of nitrogens with one attached hydrogen (secondary N) is 1. The lowest BCUT2D eigenvalue weighted by molar-refractivity contribution is -0.118. The van der Waals surface area contributed by atoms with E-state index in [0.717, 1.165) is 16.7 Å². The predicted octanol–water partition coefficient (Wildman–Crippen LogP) is 3.20. The molecule has 0 aromatic heterocycles. The highest BCUT2D eigenvalue weighted by Crippen LogP contribution is 2.29. The molecular weight excluding hydrogens is 266 g/mol. The van der Waals surface area contributed by atoms with Crippen molar-refractivity contribution in [3.05, 3.63) is 53.1 Å². The van der Waals surface area contributed by atoms with E-state index in [4.69, 9.17) is 4.74 Å². The summed E-state index contributed by atoms with van der Waals surface area (Å²) in [5.74, 6) is 0.809. The zero-order valence-electron chi connectivity index (χ0n) is 11.6. The minimum atomic E-state index is -0.141. The van der Waals surface area contributed by atoms with Gasteiger partial charge in [-0.05, 0) is 47.9 Å². The van der Waals surface area contributed by atoms with Crippen LogP contribution in [-0.2, 0) is 4.79 Å². The van der Waals surface area contributed by atoms with Crippen LogP contribution < -0.4 is 10.1 Å². The molecule has 0 aliphatic carbocycles. The van der Waals surface area contributed by atoms with Gasteiger partial charge >= 0.3 is 0 Å². The van der Waals surface area contributed by atoms with Crippen LogP contribution >= 0.6 is 0 Å². The Morgan fingerprint density at radius 2 is 2.05 bits per heavy atom. The van der Waals surface area contributed by atoms with E-state index >= 15 is 0 Å². The first kappa shape index (κ1) is 13.2. The van der Waals surface area contributed by atoms with Crippen LogP contribution in [0.15, 0.2) is 36.4 Å². The number of carbonyl (C=O) groups excluding carboxylic acids is 1. The van der Waals surface area contributed by atoms with Crippen molar-refractivity contribution >= 4 is 23.7 Å². The van der Waals surface area contributed by atoms with Gasteiger partial charge in [-0.2, -0.15) is 0 Å². The standard InChI is InChI=1S/C17H15NO3/c1-11-8-14(19)6-5-13(11)4-2-12-3-7-16-15(9-12)18-17(20)10-21-16/h2-9,19H,10H2,1H3,(H,18,20)/b4-2+. The maximum Gasteiger partial charge on any atom is 0.262 e. The predicted molar refractivity (Wildman–Crippen MR) is 82.3 cm³/mol. The summed E-state index contributed by atoms with van der Waals surface area (Å²) in [6.07, 6.45) is 3.93. The van der Waals surface area contributed by atoms with Gasteiger partial charge in [0.1, 0.15) is 11.5 Å². The normalized spacial score (nSPS) is 13.7. The molecule has 2 aromatic carbocycles. The highest BCUT2D eigenvalue weighted by atomic mass is 16.5. The fourth-order valence-electron chi connectivity index (χ4n) is 2.24. The van der Waals surface area contributed by atoms with Gasteiger partial charge in [0.25, 0.3) is 5.91 Å². The van der Waals surface area contributed by atoms with Gasteiger partial charge in [0.2, 0.25) is 0 Å². The summed E-state index contributed by atoms with van der Waals surface area (Å²) in [6.45, 7) is 2.01. The molecule has 0 fully saturated rings. The summed E-state index contributed by atoms with van der Waals surface area (Å²) in [5, 5.41) is 12.2. The number of fused-ring (bicyclic) bond motifs is 1. The number of benzene rings is 2. The minimum absolute atomic E-state index is 0.0644. The van der Waals surface area contributed by atoms with Gasteiger partial charge in [-0.1, -0.05) is 24.3 Å². The van der Waals surface area contributed by atoms with E-state index in [0.29, 0.717) is 11.4 Å². The molecule has 2 N–H and O–H groups in total. The second-order valence-electron chi connectivity index (χ2n) is 4.97. The van der Waals surface area contributed by atoms with Crippen molar-refractivity contribution < 1.29 is 14.6 Å². The third-order valence-electron chi connectivity index (χ3n) is 3.35. The second kappa shape index (κ2) is 5.32. The van der Waals surface area contributed by atoms with Crippen molar-refractivity contribution in [2.24, 2.45) is 0 Å². The first-order chi connectivity index (χ1) is 10.1. The van der Waals surface area contributed by atoms with Crippen LogP contribution in [0.4, 0.5) is 5.69 Å². The lowest BCUT2D eigenvalue weighted by Gasteiger charge is -2.17. The van der Waals surface area contributed by atoms with Gasteiger partial charge in [-0.3, -0.25) is 4.79 Å². The molecule has 0 atom stereocenters. The van der Waals surface area contributed by atoms with Gasteiger partial charge in [-0.15, -0.1) is 0 Å². The van der Waals surface area contributed by atoms with E-state index < -0.39 is 0 Å². The number of hydrogen-bond donors (Lipinski definition) is 2. The van der Waals surface area contributed by atoms with E-state index in [2.05, 4.69) is 5.32 Å². The SMILES string of the molecule is Cc1cc(O)ccc1/C=C/c1ccc2c(c1)NC(=O)CO2. The Kier molecular flexibility index (Phi) is 3.36. The molecule has 106 valence electrons. The number of anilines is 1. The molecule has 0 unspecified atom stereocenters. The average molecular weight is 281 g/mol. The van der Waals surface area contributed by atoms with Crippen molar-refractivity contribution in [1.82, 2.24) is 0 Å². The Balaban J connectivity index is 1.86. The molecule has 0 saturated carbocycles. The molecule has 3 rings (SSSR count). The number of amides is 1. The van der Waals surface area contributed by atoms with E-state index in [1.165, 1.54) is 0 Å². The van der Waals surface area contributed by atoms with Crippen LogP contribution in [0.3, 0.4) is 0 Å². The maximum absolute atomic E-state index is 11.3. The largest absolute Gasteiger partial charge is 0.508 e. The number of hydrogen-bond acceptors (Lipinski definition) is 3. The first-order valence-corrected chi connectivity index (χ1v) is 6.66. The summed E-state index contributed by atoms with van der Waals surface area (Å²) < 4.78 is 5.32. The highest BCUT2D eigenvalue weighted by molar-refractivity contribution is 5.95. The van der Waals surface area contributed by atoms with Crippen LogP contribution in [0.2, 0.25) is 0 Å². The molecule has 2 aromatic rings. The number of ether oxygens (including phenoxy) is 1. The Hall–Kier alpha value is -2.75. The molecule has 0 saturated heterocycles. The lowest BCUT2D eigenvalue weighted by Crippen LogP contribution is -2.25. The van der Waals surface area contributed by atoms with Crippen LogP contribution in [-0.4, -0.2) is 17.6 Å². The number of phenols is 1.